The average molecular weight is 383 g/mol. The number of carbonyl (C=O) groups is 1. The van der Waals surface area contributed by atoms with Gasteiger partial charge in [0.2, 0.25) is 0 Å². The Morgan fingerprint density at radius 2 is 1.81 bits per heavy atom. The maximum Gasteiger partial charge on any atom is 0.573 e. The molecular weight excluding hydrogens is 367 g/mol. The Labute approximate surface area is 152 Å². The quantitative estimate of drug-likeness (QED) is 0.308. The topological polar surface area (TPSA) is 106 Å². The van der Waals surface area contributed by atoms with Crippen LogP contribution in [-0.2, 0) is 6.54 Å². The first-order chi connectivity index (χ1) is 12.7. The van der Waals surface area contributed by atoms with Crippen LogP contribution in [0.2, 0.25) is 0 Å². The molecule has 7 nitrogen and oxygen atoms in total. The molecule has 10 heteroatoms. The zero-order chi connectivity index (χ0) is 20.0. The van der Waals surface area contributed by atoms with E-state index in [-0.39, 0.29) is 18.1 Å². The molecule has 0 atom stereocenters. The standard InChI is InChI=1S/C17H16F3N3O4/c1-26-14-8-13(27-17(18,19)20)7-6-12(14)9-22-16(24)11-4-2-10(3-5-11)15(21)23-25/h2-8,25H,9H2,1H3,(H2,21,23)(H,22,24). The Balaban J connectivity index is 2.06. The summed E-state index contributed by atoms with van der Waals surface area (Å²) in [6, 6.07) is 9.56. The van der Waals surface area contributed by atoms with Gasteiger partial charge in [0.25, 0.3) is 5.91 Å². The molecule has 0 unspecified atom stereocenters. The Morgan fingerprint density at radius 3 is 2.37 bits per heavy atom. The van der Waals surface area contributed by atoms with E-state index in [1.165, 1.54) is 37.4 Å². The minimum absolute atomic E-state index is 0.0241. The van der Waals surface area contributed by atoms with E-state index < -0.39 is 18.0 Å². The van der Waals surface area contributed by atoms with Crippen molar-refractivity contribution in [2.45, 2.75) is 12.9 Å². The Kier molecular flexibility index (Phi) is 6.11. The predicted molar refractivity (Wildman–Crippen MR) is 89.8 cm³/mol. The summed E-state index contributed by atoms with van der Waals surface area (Å²) in [5.41, 5.74) is 6.67. The predicted octanol–water partition coefficient (Wildman–Crippen LogP) is 2.62. The molecule has 144 valence electrons. The molecule has 2 aromatic rings. The third-order valence-corrected chi connectivity index (χ3v) is 3.48. The molecule has 0 radical (unpaired) electrons. The highest BCUT2D eigenvalue weighted by Gasteiger charge is 2.31. The smallest absolute Gasteiger partial charge is 0.496 e. The molecule has 0 saturated heterocycles. The Morgan fingerprint density at radius 1 is 1.19 bits per heavy atom. The van der Waals surface area contributed by atoms with Crippen molar-refractivity contribution >= 4 is 11.7 Å². The van der Waals surface area contributed by atoms with Gasteiger partial charge in [-0.25, -0.2) is 0 Å². The van der Waals surface area contributed by atoms with Crippen LogP contribution in [-0.4, -0.2) is 30.4 Å². The molecule has 0 bridgehead atoms. The molecule has 0 saturated carbocycles. The first-order valence-electron chi connectivity index (χ1n) is 7.52. The summed E-state index contributed by atoms with van der Waals surface area (Å²) >= 11 is 0. The fraction of sp³-hybridized carbons (Fsp3) is 0.176. The zero-order valence-electron chi connectivity index (χ0n) is 14.1. The SMILES string of the molecule is COc1cc(OC(F)(F)F)ccc1CNC(=O)c1ccc(/C(N)=N\O)cc1. The molecular formula is C17H16F3N3O4. The number of amides is 1. The third-order valence-electron chi connectivity index (χ3n) is 3.48. The average Bonchev–Trinajstić information content (AvgIpc) is 2.64. The van der Waals surface area contributed by atoms with Crippen molar-refractivity contribution in [3.63, 3.8) is 0 Å². The summed E-state index contributed by atoms with van der Waals surface area (Å²) in [5.74, 6) is -0.793. The van der Waals surface area contributed by atoms with Crippen molar-refractivity contribution in [2.75, 3.05) is 7.11 Å². The summed E-state index contributed by atoms with van der Waals surface area (Å²) in [6.07, 6.45) is -4.81. The molecule has 4 N–H and O–H groups in total. The number of methoxy groups -OCH3 is 1. The minimum atomic E-state index is -4.81. The van der Waals surface area contributed by atoms with E-state index in [4.69, 9.17) is 15.7 Å². The number of ether oxygens (including phenoxy) is 2. The van der Waals surface area contributed by atoms with Gasteiger partial charge in [0.15, 0.2) is 5.84 Å². The summed E-state index contributed by atoms with van der Waals surface area (Å²) in [7, 11) is 1.30. The van der Waals surface area contributed by atoms with Gasteiger partial charge < -0.3 is 25.7 Å². The molecule has 1 amide bonds. The number of nitrogens with one attached hydrogen (secondary N) is 1. The molecule has 0 aliphatic heterocycles. The van der Waals surface area contributed by atoms with Crippen LogP contribution in [0.1, 0.15) is 21.5 Å². The first-order valence-corrected chi connectivity index (χ1v) is 7.52. The number of nitrogens with two attached hydrogens (primary N) is 1. The summed E-state index contributed by atoms with van der Waals surface area (Å²) in [6.45, 7) is 0.0241. The van der Waals surface area contributed by atoms with Gasteiger partial charge in [0.05, 0.1) is 7.11 Å². The van der Waals surface area contributed by atoms with Crippen LogP contribution >= 0.6 is 0 Å². The fourth-order valence-electron chi connectivity index (χ4n) is 2.20. The highest BCUT2D eigenvalue weighted by atomic mass is 19.4. The summed E-state index contributed by atoms with van der Waals surface area (Å²) in [4.78, 5) is 12.2. The number of halogens is 3. The highest BCUT2D eigenvalue weighted by molar-refractivity contribution is 5.99. The van der Waals surface area contributed by atoms with Crippen molar-refractivity contribution in [3.8, 4) is 11.5 Å². The van der Waals surface area contributed by atoms with Gasteiger partial charge in [-0.2, -0.15) is 0 Å². The molecule has 2 rings (SSSR count). The van der Waals surface area contributed by atoms with Crippen molar-refractivity contribution in [1.29, 1.82) is 0 Å². The van der Waals surface area contributed by atoms with E-state index in [0.29, 0.717) is 16.7 Å². The molecule has 0 aliphatic rings. The summed E-state index contributed by atoms with van der Waals surface area (Å²) < 4.78 is 45.7. The van der Waals surface area contributed by atoms with Crippen molar-refractivity contribution in [2.24, 2.45) is 10.9 Å². The lowest BCUT2D eigenvalue weighted by Gasteiger charge is -2.13. The second-order valence-corrected chi connectivity index (χ2v) is 5.27. The maximum atomic E-state index is 12.3. The lowest BCUT2D eigenvalue weighted by molar-refractivity contribution is -0.274. The van der Waals surface area contributed by atoms with Gasteiger partial charge in [-0.15, -0.1) is 13.2 Å². The number of carbonyl (C=O) groups excluding carboxylic acids is 1. The highest BCUT2D eigenvalue weighted by Crippen LogP contribution is 2.29. The Hall–Kier alpha value is -3.43. The van der Waals surface area contributed by atoms with E-state index in [1.807, 2.05) is 0 Å². The Bertz CT molecular complexity index is 836. The van der Waals surface area contributed by atoms with Crippen LogP contribution in [0.25, 0.3) is 0 Å². The van der Waals surface area contributed by atoms with Crippen molar-refractivity contribution in [1.82, 2.24) is 5.32 Å². The number of nitrogens with zero attached hydrogens (tertiary/aromatic N) is 1. The van der Waals surface area contributed by atoms with Crippen LogP contribution in [0, 0.1) is 0 Å². The number of oxime groups is 1. The molecule has 0 heterocycles. The van der Waals surface area contributed by atoms with E-state index in [2.05, 4.69) is 15.2 Å². The van der Waals surface area contributed by atoms with Crippen LogP contribution in [0.5, 0.6) is 11.5 Å². The van der Waals surface area contributed by atoms with Gasteiger partial charge in [0.1, 0.15) is 11.5 Å². The molecule has 0 aliphatic carbocycles. The number of benzene rings is 2. The number of hydrogen-bond donors (Lipinski definition) is 3. The third kappa shape index (κ3) is 5.53. The number of hydrogen-bond acceptors (Lipinski definition) is 5. The van der Waals surface area contributed by atoms with Gasteiger partial charge in [-0.05, 0) is 24.3 Å². The minimum Gasteiger partial charge on any atom is -0.496 e. The van der Waals surface area contributed by atoms with Crippen LogP contribution in [0.3, 0.4) is 0 Å². The molecule has 0 spiro atoms. The van der Waals surface area contributed by atoms with E-state index in [1.54, 1.807) is 0 Å². The largest absolute Gasteiger partial charge is 0.573 e. The van der Waals surface area contributed by atoms with Crippen molar-refractivity contribution in [3.05, 3.63) is 59.2 Å². The van der Waals surface area contributed by atoms with Gasteiger partial charge in [0, 0.05) is 29.3 Å². The lowest BCUT2D eigenvalue weighted by atomic mass is 10.1. The number of amidine groups is 1. The number of alkyl halides is 3. The van der Waals surface area contributed by atoms with Crippen LogP contribution in [0.4, 0.5) is 13.2 Å². The molecule has 2 aromatic carbocycles. The molecule has 0 aromatic heterocycles. The van der Waals surface area contributed by atoms with E-state index >= 15 is 0 Å². The van der Waals surface area contributed by atoms with Gasteiger partial charge in [-0.3, -0.25) is 4.79 Å². The van der Waals surface area contributed by atoms with Gasteiger partial charge >= 0.3 is 6.36 Å². The zero-order valence-corrected chi connectivity index (χ0v) is 14.1. The first kappa shape index (κ1) is 19.9. The normalized spacial score (nSPS) is 11.8. The van der Waals surface area contributed by atoms with E-state index in [9.17, 15) is 18.0 Å². The summed E-state index contributed by atoms with van der Waals surface area (Å²) in [5, 5.41) is 14.1. The fourth-order valence-corrected chi connectivity index (χ4v) is 2.20. The van der Waals surface area contributed by atoms with Crippen molar-refractivity contribution < 1.29 is 32.6 Å². The monoisotopic (exact) mass is 383 g/mol. The maximum absolute atomic E-state index is 12.3. The van der Waals surface area contributed by atoms with E-state index in [0.717, 1.165) is 12.1 Å². The van der Waals surface area contributed by atoms with Crippen LogP contribution < -0.4 is 20.5 Å². The number of rotatable bonds is 6. The van der Waals surface area contributed by atoms with Crippen LogP contribution in [0.15, 0.2) is 47.6 Å². The molecule has 0 fully saturated rings. The van der Waals surface area contributed by atoms with Gasteiger partial charge in [-0.1, -0.05) is 17.3 Å². The lowest BCUT2D eigenvalue weighted by Crippen LogP contribution is -2.23. The second kappa shape index (κ2) is 8.30. The molecule has 27 heavy (non-hydrogen) atoms. The second-order valence-electron chi connectivity index (χ2n) is 5.27.